The Morgan fingerprint density at radius 1 is 1.46 bits per heavy atom. The van der Waals surface area contributed by atoms with Crippen molar-refractivity contribution < 1.29 is 4.74 Å². The van der Waals surface area contributed by atoms with E-state index in [1.54, 1.807) is 0 Å². The molecule has 0 unspecified atom stereocenters. The monoisotopic (exact) mass is 370 g/mol. The summed E-state index contributed by atoms with van der Waals surface area (Å²) in [6.07, 6.45) is 1.18. The largest absolute Gasteiger partial charge is 0.494 e. The van der Waals surface area contributed by atoms with Crippen molar-refractivity contribution in [3.05, 3.63) is 26.2 Å². The van der Waals surface area contributed by atoms with Crippen LogP contribution < -0.4 is 4.74 Å². The van der Waals surface area contributed by atoms with Crippen LogP contribution in [0.3, 0.4) is 0 Å². The Hall–Kier alpha value is 0.447. The maximum Gasteiger partial charge on any atom is 0.120 e. The van der Waals surface area contributed by atoms with E-state index < -0.39 is 0 Å². The molecule has 0 bridgehead atoms. The molecule has 0 aliphatic carbocycles. The molecule has 0 N–H and O–H groups in total. The van der Waals surface area contributed by atoms with E-state index in [1.165, 1.54) is 26.3 Å². The molecule has 1 aromatic rings. The van der Waals surface area contributed by atoms with Gasteiger partial charge in [0.1, 0.15) is 5.75 Å². The molecule has 0 saturated heterocycles. The average Bonchev–Trinajstić information content (AvgIpc) is 2.12. The van der Waals surface area contributed by atoms with Crippen LogP contribution in [0.5, 0.6) is 5.75 Å². The molecule has 72 valence electrons. The van der Waals surface area contributed by atoms with Gasteiger partial charge in [0.2, 0.25) is 0 Å². The summed E-state index contributed by atoms with van der Waals surface area (Å²) in [6, 6.07) is 7.40. The molecule has 0 radical (unpaired) electrons. The number of halogens is 2. The van der Waals surface area contributed by atoms with Gasteiger partial charge in [0.05, 0.1) is 6.61 Å². The molecular formula is C9H12BrIOSi. The fourth-order valence-electron chi connectivity index (χ4n) is 0.901. The summed E-state index contributed by atoms with van der Waals surface area (Å²) in [5.74, 6) is 0.961. The first-order chi connectivity index (χ1) is 6.24. The highest BCUT2D eigenvalue weighted by atomic mass is 127. The third-order valence-electron chi connectivity index (χ3n) is 1.66. The van der Waals surface area contributed by atoms with Gasteiger partial charge >= 0.3 is 0 Å². The minimum absolute atomic E-state index is 0.844. The molecule has 0 aliphatic heterocycles. The Kier molecular flexibility index (Phi) is 5.34. The van der Waals surface area contributed by atoms with E-state index >= 15 is 0 Å². The van der Waals surface area contributed by atoms with E-state index in [0.29, 0.717) is 0 Å². The first kappa shape index (κ1) is 11.5. The van der Waals surface area contributed by atoms with E-state index in [0.717, 1.165) is 16.8 Å². The molecule has 0 aromatic heterocycles. The number of rotatable bonds is 4. The van der Waals surface area contributed by atoms with Gasteiger partial charge in [0, 0.05) is 18.3 Å². The average molecular weight is 371 g/mol. The number of hydrogen-bond donors (Lipinski definition) is 0. The highest BCUT2D eigenvalue weighted by Gasteiger charge is 1.98. The van der Waals surface area contributed by atoms with Gasteiger partial charge in [0.15, 0.2) is 0 Å². The number of benzene rings is 1. The van der Waals surface area contributed by atoms with Crippen molar-refractivity contribution in [2.24, 2.45) is 0 Å². The molecule has 0 atom stereocenters. The summed E-state index contributed by atoms with van der Waals surface area (Å²) >= 11 is 5.76. The molecule has 1 nitrogen and oxygen atoms in total. The topological polar surface area (TPSA) is 9.23 Å². The Morgan fingerprint density at radius 2 is 2.23 bits per heavy atom. The molecular weight excluding hydrogens is 359 g/mol. The second-order valence-electron chi connectivity index (χ2n) is 2.78. The smallest absolute Gasteiger partial charge is 0.120 e. The van der Waals surface area contributed by atoms with Crippen LogP contribution in [-0.4, -0.2) is 16.8 Å². The normalized spacial score (nSPS) is 10.3. The van der Waals surface area contributed by atoms with Crippen molar-refractivity contribution in [1.29, 1.82) is 0 Å². The Morgan fingerprint density at radius 3 is 2.85 bits per heavy atom. The Labute approximate surface area is 104 Å². The molecule has 0 fully saturated rings. The van der Waals surface area contributed by atoms with Crippen molar-refractivity contribution in [2.45, 2.75) is 12.5 Å². The summed E-state index contributed by atoms with van der Waals surface area (Å²) in [7, 11) is 1.27. The zero-order valence-corrected chi connectivity index (χ0v) is 13.3. The fourth-order valence-corrected chi connectivity index (χ4v) is 1.88. The second-order valence-corrected chi connectivity index (χ2v) is 5.79. The van der Waals surface area contributed by atoms with Gasteiger partial charge in [-0.25, -0.2) is 0 Å². The van der Waals surface area contributed by atoms with Crippen LogP contribution in [0.2, 0.25) is 6.04 Å². The first-order valence-corrected chi connectivity index (χ1v) is 7.60. The van der Waals surface area contributed by atoms with Crippen LogP contribution in [0.4, 0.5) is 0 Å². The lowest BCUT2D eigenvalue weighted by atomic mass is 10.3. The van der Waals surface area contributed by atoms with E-state index in [-0.39, 0.29) is 0 Å². The second kappa shape index (κ2) is 6.03. The van der Waals surface area contributed by atoms with Gasteiger partial charge in [0.25, 0.3) is 0 Å². The minimum Gasteiger partial charge on any atom is -0.494 e. The Balaban J connectivity index is 2.53. The SMILES string of the molecule is [SiH3]CCCOc1ccc(I)c(Br)c1. The molecule has 13 heavy (non-hydrogen) atoms. The van der Waals surface area contributed by atoms with E-state index in [9.17, 15) is 0 Å². The summed E-state index contributed by atoms with van der Waals surface area (Å²) in [5.41, 5.74) is 0. The lowest BCUT2D eigenvalue weighted by Crippen LogP contribution is -1.96. The third-order valence-corrected chi connectivity index (χ3v) is 4.70. The van der Waals surface area contributed by atoms with Gasteiger partial charge < -0.3 is 4.74 Å². The Bertz CT molecular complexity index is 280. The van der Waals surface area contributed by atoms with E-state index in [2.05, 4.69) is 44.6 Å². The van der Waals surface area contributed by atoms with Crippen molar-refractivity contribution in [2.75, 3.05) is 6.61 Å². The molecule has 0 saturated carbocycles. The third kappa shape index (κ3) is 3.99. The summed E-state index contributed by atoms with van der Waals surface area (Å²) in [4.78, 5) is 0. The molecule has 0 spiro atoms. The summed E-state index contributed by atoms with van der Waals surface area (Å²) < 4.78 is 7.89. The predicted molar refractivity (Wildman–Crippen MR) is 71.7 cm³/mol. The fraction of sp³-hybridized carbons (Fsp3) is 0.333. The molecule has 0 aliphatic rings. The molecule has 1 rings (SSSR count). The van der Waals surface area contributed by atoms with E-state index in [4.69, 9.17) is 4.74 Å². The molecule has 1 aromatic carbocycles. The van der Waals surface area contributed by atoms with Crippen molar-refractivity contribution >= 4 is 48.8 Å². The van der Waals surface area contributed by atoms with Gasteiger partial charge in [-0.15, -0.1) is 0 Å². The lowest BCUT2D eigenvalue weighted by molar-refractivity contribution is 0.317. The van der Waals surface area contributed by atoms with Crippen molar-refractivity contribution in [1.82, 2.24) is 0 Å². The molecule has 0 amide bonds. The summed E-state index contributed by atoms with van der Waals surface area (Å²) in [6.45, 7) is 0.844. The summed E-state index contributed by atoms with van der Waals surface area (Å²) in [5, 5.41) is 0. The minimum atomic E-state index is 0.844. The van der Waals surface area contributed by atoms with E-state index in [1.807, 2.05) is 12.1 Å². The van der Waals surface area contributed by atoms with Crippen LogP contribution >= 0.6 is 38.5 Å². The number of ether oxygens (including phenoxy) is 1. The van der Waals surface area contributed by atoms with Crippen LogP contribution in [0.25, 0.3) is 0 Å². The quantitative estimate of drug-likeness (QED) is 0.449. The first-order valence-electron chi connectivity index (χ1n) is 4.32. The zero-order valence-electron chi connectivity index (χ0n) is 7.52. The highest BCUT2D eigenvalue weighted by Crippen LogP contribution is 2.24. The molecule has 0 heterocycles. The number of hydrogen-bond acceptors (Lipinski definition) is 1. The van der Waals surface area contributed by atoms with Crippen LogP contribution in [0.1, 0.15) is 6.42 Å². The lowest BCUT2D eigenvalue weighted by Gasteiger charge is -2.05. The predicted octanol–water partition coefficient (Wildman–Crippen LogP) is 2.61. The molecule has 4 heteroatoms. The van der Waals surface area contributed by atoms with Crippen LogP contribution in [0.15, 0.2) is 22.7 Å². The highest BCUT2D eigenvalue weighted by molar-refractivity contribution is 14.1. The standard InChI is InChI=1S/C9H12BrIOSi/c10-8-6-7(2-3-9(8)11)12-4-1-5-13/h2-3,6H,1,4-5H2,13H3. The van der Waals surface area contributed by atoms with Gasteiger partial charge in [-0.05, 0) is 63.1 Å². The zero-order chi connectivity index (χ0) is 9.68. The van der Waals surface area contributed by atoms with Crippen LogP contribution in [-0.2, 0) is 0 Å². The van der Waals surface area contributed by atoms with Crippen molar-refractivity contribution in [3.8, 4) is 5.75 Å². The maximum atomic E-state index is 5.57. The van der Waals surface area contributed by atoms with Gasteiger partial charge in [-0.2, -0.15) is 0 Å². The van der Waals surface area contributed by atoms with Crippen molar-refractivity contribution in [3.63, 3.8) is 0 Å². The maximum absolute atomic E-state index is 5.57. The van der Waals surface area contributed by atoms with Crippen LogP contribution in [0, 0.1) is 3.57 Å². The van der Waals surface area contributed by atoms with Gasteiger partial charge in [-0.3, -0.25) is 0 Å². The van der Waals surface area contributed by atoms with Gasteiger partial charge in [-0.1, -0.05) is 6.04 Å².